The second-order valence-corrected chi connectivity index (χ2v) is 8.50. The Morgan fingerprint density at radius 1 is 1.20 bits per heavy atom. The van der Waals surface area contributed by atoms with Crippen molar-refractivity contribution in [2.75, 3.05) is 0 Å². The molecule has 2 aromatic heterocycles. The van der Waals surface area contributed by atoms with Crippen molar-refractivity contribution >= 4 is 22.5 Å². The summed E-state index contributed by atoms with van der Waals surface area (Å²) < 4.78 is 42.3. The van der Waals surface area contributed by atoms with E-state index in [-0.39, 0.29) is 28.6 Å². The Morgan fingerprint density at radius 3 is 2.47 bits per heavy atom. The Labute approximate surface area is 173 Å². The molecule has 2 fully saturated rings. The molecule has 30 heavy (non-hydrogen) atoms. The lowest BCUT2D eigenvalue weighted by molar-refractivity contribution is -0.137. The summed E-state index contributed by atoms with van der Waals surface area (Å²) in [7, 11) is 1.61. The van der Waals surface area contributed by atoms with Gasteiger partial charge in [0.05, 0.1) is 33.9 Å². The first-order valence-corrected chi connectivity index (χ1v) is 10.0. The Morgan fingerprint density at radius 2 is 1.90 bits per heavy atom. The van der Waals surface area contributed by atoms with Gasteiger partial charge in [-0.3, -0.25) is 9.48 Å². The molecule has 2 heterocycles. The normalized spacial score (nSPS) is 19.3. The number of fused-ring (bicyclic) bond motifs is 1. The maximum absolute atomic E-state index is 13.1. The van der Waals surface area contributed by atoms with Gasteiger partial charge < -0.3 is 5.11 Å². The molecule has 0 aliphatic heterocycles. The summed E-state index contributed by atoms with van der Waals surface area (Å²) >= 11 is 5.93. The van der Waals surface area contributed by atoms with Crippen LogP contribution < -0.4 is 5.56 Å². The number of hydrogen-bond donors (Lipinski definition) is 1. The maximum atomic E-state index is 13.1. The summed E-state index contributed by atoms with van der Waals surface area (Å²) in [5.74, 6) is -0.227. The highest BCUT2D eigenvalue weighted by atomic mass is 35.5. The molecule has 5 rings (SSSR count). The third-order valence-corrected chi connectivity index (χ3v) is 6.25. The van der Waals surface area contributed by atoms with Gasteiger partial charge in [-0.2, -0.15) is 23.4 Å². The summed E-state index contributed by atoms with van der Waals surface area (Å²) in [5.41, 5.74) is -2.18. The zero-order chi connectivity index (χ0) is 21.4. The number of benzene rings is 1. The quantitative estimate of drug-likeness (QED) is 0.672. The molecule has 1 aromatic carbocycles. The summed E-state index contributed by atoms with van der Waals surface area (Å²) in [6.07, 6.45) is 0.0614. The van der Waals surface area contributed by atoms with Gasteiger partial charge in [0.2, 0.25) is 0 Å². The van der Waals surface area contributed by atoms with Crippen molar-refractivity contribution in [3.63, 3.8) is 0 Å². The van der Waals surface area contributed by atoms with Gasteiger partial charge in [-0.1, -0.05) is 17.7 Å². The average Bonchev–Trinajstić information content (AvgIpc) is 3.57. The third-order valence-electron chi connectivity index (χ3n) is 5.94. The monoisotopic (exact) mass is 438 g/mol. The Balaban J connectivity index is 1.71. The van der Waals surface area contributed by atoms with Crippen LogP contribution in [0.15, 0.2) is 29.2 Å². The highest BCUT2D eigenvalue weighted by Crippen LogP contribution is 2.52. The van der Waals surface area contributed by atoms with Gasteiger partial charge in [-0.15, -0.1) is 0 Å². The van der Waals surface area contributed by atoms with E-state index in [0.29, 0.717) is 23.9 Å². The first-order valence-electron chi connectivity index (χ1n) is 9.67. The molecule has 1 N–H and O–H groups in total. The molecule has 2 aliphatic carbocycles. The Bertz CT molecular complexity index is 1230. The third kappa shape index (κ3) is 2.86. The summed E-state index contributed by atoms with van der Waals surface area (Å²) in [6, 6.07) is 3.34. The first kappa shape index (κ1) is 19.6. The van der Waals surface area contributed by atoms with E-state index in [1.54, 1.807) is 7.05 Å². The van der Waals surface area contributed by atoms with Crippen molar-refractivity contribution in [2.45, 2.75) is 43.5 Å². The molecule has 6 nitrogen and oxygen atoms in total. The summed E-state index contributed by atoms with van der Waals surface area (Å²) in [5, 5.41) is 20.3. The highest BCUT2D eigenvalue weighted by molar-refractivity contribution is 6.31. The molecule has 2 aliphatic rings. The smallest absolute Gasteiger partial charge is 0.378 e. The van der Waals surface area contributed by atoms with Crippen LogP contribution in [0.5, 0.6) is 0 Å². The van der Waals surface area contributed by atoms with Gasteiger partial charge in [-0.25, -0.2) is 4.68 Å². The predicted octanol–water partition coefficient (Wildman–Crippen LogP) is 3.78. The fourth-order valence-electron chi connectivity index (χ4n) is 4.18. The van der Waals surface area contributed by atoms with Crippen molar-refractivity contribution < 1.29 is 18.3 Å². The van der Waals surface area contributed by atoms with Crippen LogP contribution in [-0.4, -0.2) is 24.7 Å². The van der Waals surface area contributed by atoms with E-state index in [1.807, 2.05) is 0 Å². The van der Waals surface area contributed by atoms with Gasteiger partial charge in [0.25, 0.3) is 5.56 Å². The largest absolute Gasteiger partial charge is 0.417 e. The van der Waals surface area contributed by atoms with Crippen molar-refractivity contribution in [3.8, 4) is 0 Å². The number of alkyl halides is 3. The number of rotatable bonds is 4. The minimum Gasteiger partial charge on any atom is -0.378 e. The lowest BCUT2D eigenvalue weighted by atomic mass is 9.83. The van der Waals surface area contributed by atoms with Gasteiger partial charge in [0.1, 0.15) is 5.60 Å². The molecular weight excluding hydrogens is 421 g/mol. The fraction of sp³-hybridized carbons (Fsp3) is 0.450. The van der Waals surface area contributed by atoms with E-state index in [4.69, 9.17) is 11.6 Å². The molecule has 0 spiro atoms. The minimum absolute atomic E-state index is 0.0726. The molecule has 0 bridgehead atoms. The van der Waals surface area contributed by atoms with E-state index in [9.17, 15) is 23.1 Å². The number of aromatic nitrogens is 4. The van der Waals surface area contributed by atoms with E-state index >= 15 is 0 Å². The average molecular weight is 439 g/mol. The molecule has 0 amide bonds. The van der Waals surface area contributed by atoms with Gasteiger partial charge >= 0.3 is 6.18 Å². The van der Waals surface area contributed by atoms with E-state index in [0.717, 1.165) is 25.0 Å². The van der Waals surface area contributed by atoms with Crippen LogP contribution in [0.2, 0.25) is 5.02 Å². The van der Waals surface area contributed by atoms with Gasteiger partial charge in [0.15, 0.2) is 5.52 Å². The van der Waals surface area contributed by atoms with E-state index < -0.39 is 22.4 Å². The Hall–Kier alpha value is -2.39. The van der Waals surface area contributed by atoms with Crippen LogP contribution in [0.1, 0.15) is 48.5 Å². The van der Waals surface area contributed by atoms with Crippen LogP contribution in [0, 0.1) is 5.92 Å². The summed E-state index contributed by atoms with van der Waals surface area (Å²) in [6.45, 7) is 0. The SMILES string of the molecule is Cn1nc2c(=O)n(C3CC3)ncc2c1[C@@](O)(c1ccc(C(F)(F)F)c(Cl)c1)C1CC1. The topological polar surface area (TPSA) is 72.9 Å². The predicted molar refractivity (Wildman–Crippen MR) is 103 cm³/mol. The van der Waals surface area contributed by atoms with E-state index in [2.05, 4.69) is 10.2 Å². The van der Waals surface area contributed by atoms with Crippen LogP contribution in [0.25, 0.3) is 10.9 Å². The van der Waals surface area contributed by atoms with Crippen molar-refractivity contribution in [3.05, 3.63) is 56.6 Å². The second-order valence-electron chi connectivity index (χ2n) is 8.09. The molecule has 0 unspecified atom stereocenters. The number of halogens is 4. The van der Waals surface area contributed by atoms with Crippen LogP contribution in [0.3, 0.4) is 0 Å². The number of nitrogens with zero attached hydrogens (tertiary/aromatic N) is 4. The first-order chi connectivity index (χ1) is 14.1. The van der Waals surface area contributed by atoms with Crippen molar-refractivity contribution in [1.82, 2.24) is 19.6 Å². The molecule has 0 radical (unpaired) electrons. The zero-order valence-corrected chi connectivity index (χ0v) is 16.7. The van der Waals surface area contributed by atoms with Gasteiger partial charge in [0, 0.05) is 7.05 Å². The fourth-order valence-corrected chi connectivity index (χ4v) is 4.47. The lowest BCUT2D eigenvalue weighted by Crippen LogP contribution is -2.33. The highest BCUT2D eigenvalue weighted by Gasteiger charge is 2.50. The maximum Gasteiger partial charge on any atom is 0.417 e. The molecule has 0 saturated heterocycles. The van der Waals surface area contributed by atoms with Crippen LogP contribution in [0.4, 0.5) is 13.2 Å². The molecule has 1 atom stereocenters. The molecule has 3 aromatic rings. The van der Waals surface area contributed by atoms with Crippen LogP contribution in [-0.2, 0) is 18.8 Å². The summed E-state index contributed by atoms with van der Waals surface area (Å²) in [4.78, 5) is 12.8. The Kier molecular flexibility index (Phi) is 4.11. The van der Waals surface area contributed by atoms with E-state index in [1.165, 1.54) is 21.6 Å². The van der Waals surface area contributed by atoms with Crippen LogP contribution >= 0.6 is 11.6 Å². The lowest BCUT2D eigenvalue weighted by Gasteiger charge is -2.30. The molecular formula is C20H18ClF3N4O2. The number of aliphatic hydroxyl groups is 1. The van der Waals surface area contributed by atoms with Crippen molar-refractivity contribution in [2.24, 2.45) is 13.0 Å². The number of aryl methyl sites for hydroxylation is 1. The standard InChI is InChI=1S/C20H18ClF3N4O2/c1-27-17(13-9-25-28(12-5-6-12)18(29)16(13)26-27)19(30,10-2-3-10)11-4-7-14(15(21)8-11)20(22,23)24/h4,7-10,12,30H,2-3,5-6H2,1H3/t19-/m0/s1. The molecule has 158 valence electrons. The minimum atomic E-state index is -4.59. The second kappa shape index (κ2) is 6.31. The zero-order valence-electron chi connectivity index (χ0n) is 15.9. The number of hydrogen-bond acceptors (Lipinski definition) is 4. The molecule has 2 saturated carbocycles. The van der Waals surface area contributed by atoms with Gasteiger partial charge in [-0.05, 0) is 49.3 Å². The molecule has 10 heteroatoms. The van der Waals surface area contributed by atoms with Crippen molar-refractivity contribution in [1.29, 1.82) is 0 Å².